The number of hydrogen-bond acceptors (Lipinski definition) is 5. The van der Waals surface area contributed by atoms with Crippen LogP contribution in [-0.4, -0.2) is 30.2 Å². The fourth-order valence-corrected chi connectivity index (χ4v) is 5.81. The number of nitrogens with one attached hydrogen (secondary N) is 1. The first-order valence-corrected chi connectivity index (χ1v) is 11.7. The van der Waals surface area contributed by atoms with Crippen molar-refractivity contribution in [3.05, 3.63) is 65.2 Å². The summed E-state index contributed by atoms with van der Waals surface area (Å²) in [5.41, 5.74) is 2.62. The van der Waals surface area contributed by atoms with Crippen LogP contribution >= 0.6 is 11.3 Å². The third-order valence-electron chi connectivity index (χ3n) is 4.81. The van der Waals surface area contributed by atoms with E-state index in [1.807, 2.05) is 30.3 Å². The summed E-state index contributed by atoms with van der Waals surface area (Å²) >= 11 is 1.55. The number of hydrogen-bond donors (Lipinski definition) is 1. The zero-order valence-corrected chi connectivity index (χ0v) is 17.6. The van der Waals surface area contributed by atoms with Crippen LogP contribution in [0.15, 0.2) is 59.5 Å². The SMILES string of the molecule is CCC(=O)Nc1ccc(S(=O)(=O)N2CCc3nc(-c4ccccc4)sc3C2)cc1. The van der Waals surface area contributed by atoms with E-state index in [1.165, 1.54) is 16.4 Å². The van der Waals surface area contributed by atoms with Gasteiger partial charge in [0.05, 0.1) is 17.1 Å². The largest absolute Gasteiger partial charge is 0.326 e. The predicted molar refractivity (Wildman–Crippen MR) is 114 cm³/mol. The highest BCUT2D eigenvalue weighted by atomic mass is 32.2. The van der Waals surface area contributed by atoms with E-state index < -0.39 is 10.0 Å². The second-order valence-electron chi connectivity index (χ2n) is 6.77. The molecule has 0 atom stereocenters. The molecule has 1 N–H and O–H groups in total. The molecule has 6 nitrogen and oxygen atoms in total. The summed E-state index contributed by atoms with van der Waals surface area (Å²) < 4.78 is 27.7. The monoisotopic (exact) mass is 427 g/mol. The van der Waals surface area contributed by atoms with Gasteiger partial charge in [0.15, 0.2) is 0 Å². The van der Waals surface area contributed by atoms with E-state index in [-0.39, 0.29) is 10.8 Å². The third-order valence-corrected chi connectivity index (χ3v) is 7.80. The van der Waals surface area contributed by atoms with Crippen LogP contribution in [0.3, 0.4) is 0 Å². The van der Waals surface area contributed by atoms with Gasteiger partial charge >= 0.3 is 0 Å². The van der Waals surface area contributed by atoms with Gasteiger partial charge in [-0.3, -0.25) is 4.79 Å². The fourth-order valence-electron chi connectivity index (χ4n) is 3.19. The zero-order valence-electron chi connectivity index (χ0n) is 16.0. The van der Waals surface area contributed by atoms with E-state index in [0.717, 1.165) is 21.1 Å². The van der Waals surface area contributed by atoms with Gasteiger partial charge in [-0.1, -0.05) is 37.3 Å². The van der Waals surface area contributed by atoms with Crippen molar-refractivity contribution >= 4 is 33.0 Å². The highest BCUT2D eigenvalue weighted by Crippen LogP contribution is 2.33. The molecule has 0 unspecified atom stereocenters. The number of nitrogens with zero attached hydrogens (tertiary/aromatic N) is 2. The Balaban J connectivity index is 1.54. The molecular formula is C21H21N3O3S2. The number of sulfonamides is 1. The molecule has 1 amide bonds. The molecule has 4 rings (SSSR count). The lowest BCUT2D eigenvalue weighted by atomic mass is 10.2. The Morgan fingerprint density at radius 1 is 1.14 bits per heavy atom. The maximum absolute atomic E-state index is 13.1. The molecule has 1 aliphatic rings. The second-order valence-corrected chi connectivity index (χ2v) is 9.79. The molecule has 0 radical (unpaired) electrons. The molecule has 8 heteroatoms. The van der Waals surface area contributed by atoms with Gasteiger partial charge in [-0.2, -0.15) is 4.31 Å². The lowest BCUT2D eigenvalue weighted by molar-refractivity contribution is -0.115. The zero-order chi connectivity index (χ0) is 20.4. The number of aromatic nitrogens is 1. The molecule has 2 aromatic carbocycles. The second kappa shape index (κ2) is 8.06. The normalized spacial score (nSPS) is 14.4. The Hall–Kier alpha value is -2.55. The molecule has 0 spiro atoms. The van der Waals surface area contributed by atoms with Gasteiger partial charge in [0, 0.05) is 35.5 Å². The number of carbonyl (C=O) groups is 1. The summed E-state index contributed by atoms with van der Waals surface area (Å²) in [6.07, 6.45) is 0.971. The molecule has 29 heavy (non-hydrogen) atoms. The van der Waals surface area contributed by atoms with Crippen LogP contribution in [0.5, 0.6) is 0 Å². The van der Waals surface area contributed by atoms with Crippen molar-refractivity contribution in [2.24, 2.45) is 0 Å². The van der Waals surface area contributed by atoms with Crippen molar-refractivity contribution in [2.75, 3.05) is 11.9 Å². The summed E-state index contributed by atoms with van der Waals surface area (Å²) in [4.78, 5) is 17.4. The van der Waals surface area contributed by atoms with Crippen LogP contribution in [0.2, 0.25) is 0 Å². The highest BCUT2D eigenvalue weighted by Gasteiger charge is 2.30. The van der Waals surface area contributed by atoms with E-state index in [9.17, 15) is 13.2 Å². The van der Waals surface area contributed by atoms with Crippen molar-refractivity contribution in [1.29, 1.82) is 0 Å². The van der Waals surface area contributed by atoms with Crippen LogP contribution in [0, 0.1) is 0 Å². The Labute approximate surface area is 174 Å². The molecule has 0 saturated heterocycles. The Morgan fingerprint density at radius 2 is 1.86 bits per heavy atom. The van der Waals surface area contributed by atoms with Crippen LogP contribution in [0.4, 0.5) is 5.69 Å². The smallest absolute Gasteiger partial charge is 0.243 e. The average Bonchev–Trinajstić information content (AvgIpc) is 3.18. The number of carbonyl (C=O) groups excluding carboxylic acids is 1. The van der Waals surface area contributed by atoms with E-state index in [1.54, 1.807) is 30.4 Å². The highest BCUT2D eigenvalue weighted by molar-refractivity contribution is 7.89. The van der Waals surface area contributed by atoms with Gasteiger partial charge in [0.2, 0.25) is 15.9 Å². The van der Waals surface area contributed by atoms with Crippen LogP contribution in [0.1, 0.15) is 23.9 Å². The number of benzene rings is 2. The summed E-state index contributed by atoms with van der Waals surface area (Å²) in [5, 5.41) is 3.65. The standard InChI is InChI=1S/C21H21N3O3S2/c1-2-20(25)22-16-8-10-17(11-9-16)29(26,27)24-13-12-18-19(14-24)28-21(23-18)15-6-4-3-5-7-15/h3-11H,2,12-14H2,1H3,(H,22,25). The molecule has 2 heterocycles. The number of fused-ring (bicyclic) bond motifs is 1. The van der Waals surface area contributed by atoms with Gasteiger partial charge in [-0.15, -0.1) is 11.3 Å². The lowest BCUT2D eigenvalue weighted by Crippen LogP contribution is -2.35. The summed E-state index contributed by atoms with van der Waals surface area (Å²) in [6.45, 7) is 2.50. The van der Waals surface area contributed by atoms with Gasteiger partial charge in [-0.25, -0.2) is 13.4 Å². The molecule has 0 fully saturated rings. The number of amides is 1. The first-order valence-electron chi connectivity index (χ1n) is 9.41. The first kappa shape index (κ1) is 19.8. The van der Waals surface area contributed by atoms with Gasteiger partial charge in [-0.05, 0) is 24.3 Å². The minimum absolute atomic E-state index is 0.108. The maximum Gasteiger partial charge on any atom is 0.243 e. The molecular weight excluding hydrogens is 406 g/mol. The Kier molecular flexibility index (Phi) is 5.49. The van der Waals surface area contributed by atoms with Crippen LogP contribution in [0.25, 0.3) is 10.6 Å². The number of rotatable bonds is 5. The van der Waals surface area contributed by atoms with Crippen LogP contribution in [-0.2, 0) is 27.8 Å². The maximum atomic E-state index is 13.1. The molecule has 0 aliphatic carbocycles. The molecule has 1 aliphatic heterocycles. The minimum Gasteiger partial charge on any atom is -0.326 e. The minimum atomic E-state index is -3.61. The summed E-state index contributed by atoms with van der Waals surface area (Å²) in [7, 11) is -3.61. The van der Waals surface area contributed by atoms with Crippen molar-refractivity contribution in [3.8, 4) is 10.6 Å². The fraction of sp³-hybridized carbons (Fsp3) is 0.238. The van der Waals surface area contributed by atoms with Gasteiger partial charge in [0.1, 0.15) is 5.01 Å². The summed E-state index contributed by atoms with van der Waals surface area (Å²) in [6, 6.07) is 16.3. The number of anilines is 1. The molecule has 150 valence electrons. The molecule has 0 saturated carbocycles. The predicted octanol–water partition coefficient (Wildman–Crippen LogP) is 3.91. The van der Waals surface area contributed by atoms with E-state index in [4.69, 9.17) is 4.98 Å². The van der Waals surface area contributed by atoms with E-state index in [0.29, 0.717) is 31.6 Å². The van der Waals surface area contributed by atoms with Crippen molar-refractivity contribution in [3.63, 3.8) is 0 Å². The Bertz CT molecular complexity index is 1120. The van der Waals surface area contributed by atoms with E-state index >= 15 is 0 Å². The Morgan fingerprint density at radius 3 is 2.55 bits per heavy atom. The van der Waals surface area contributed by atoms with Crippen molar-refractivity contribution in [2.45, 2.75) is 31.2 Å². The molecule has 1 aromatic heterocycles. The van der Waals surface area contributed by atoms with Gasteiger partial charge < -0.3 is 5.32 Å². The lowest BCUT2D eigenvalue weighted by Gasteiger charge is -2.25. The number of thiazole rings is 1. The van der Waals surface area contributed by atoms with E-state index in [2.05, 4.69) is 5.32 Å². The quantitative estimate of drug-likeness (QED) is 0.670. The molecule has 3 aromatic rings. The van der Waals surface area contributed by atoms with Crippen molar-refractivity contribution < 1.29 is 13.2 Å². The third kappa shape index (κ3) is 4.10. The van der Waals surface area contributed by atoms with Gasteiger partial charge in [0.25, 0.3) is 0 Å². The molecule has 0 bridgehead atoms. The van der Waals surface area contributed by atoms with Crippen molar-refractivity contribution in [1.82, 2.24) is 9.29 Å². The van der Waals surface area contributed by atoms with Crippen LogP contribution < -0.4 is 5.32 Å². The first-order chi connectivity index (χ1) is 14.0. The topological polar surface area (TPSA) is 79.4 Å². The summed E-state index contributed by atoms with van der Waals surface area (Å²) in [5.74, 6) is -0.108. The average molecular weight is 428 g/mol.